The summed E-state index contributed by atoms with van der Waals surface area (Å²) in [6, 6.07) is 5.65. The highest BCUT2D eigenvalue weighted by atomic mass is 19.1. The van der Waals surface area contributed by atoms with Crippen LogP contribution in [0.15, 0.2) is 24.3 Å². The van der Waals surface area contributed by atoms with Gasteiger partial charge < -0.3 is 15.6 Å². The van der Waals surface area contributed by atoms with E-state index in [1.165, 1.54) is 18.2 Å². The zero-order chi connectivity index (χ0) is 13.9. The normalized spacial score (nSPS) is 22.1. The Bertz CT molecular complexity index is 460. The molecule has 1 saturated heterocycles. The SMILES string of the molecule is NCC(CC1CCCO1)(C(=O)O)c1cccc(F)c1. The van der Waals surface area contributed by atoms with Crippen molar-refractivity contribution >= 4 is 5.97 Å². The van der Waals surface area contributed by atoms with E-state index in [-0.39, 0.29) is 19.1 Å². The average molecular weight is 267 g/mol. The summed E-state index contributed by atoms with van der Waals surface area (Å²) >= 11 is 0. The molecule has 2 rings (SSSR count). The molecule has 1 aromatic carbocycles. The Hall–Kier alpha value is -1.46. The van der Waals surface area contributed by atoms with E-state index in [1.807, 2.05) is 0 Å². The molecular weight excluding hydrogens is 249 g/mol. The topological polar surface area (TPSA) is 72.5 Å². The molecule has 1 heterocycles. The fourth-order valence-corrected chi connectivity index (χ4v) is 2.60. The summed E-state index contributed by atoms with van der Waals surface area (Å²) < 4.78 is 18.8. The fraction of sp³-hybridized carbons (Fsp3) is 0.500. The molecule has 0 amide bonds. The largest absolute Gasteiger partial charge is 0.481 e. The minimum absolute atomic E-state index is 0.0777. The molecule has 104 valence electrons. The maximum atomic E-state index is 13.3. The van der Waals surface area contributed by atoms with Crippen molar-refractivity contribution < 1.29 is 19.0 Å². The molecule has 2 unspecified atom stereocenters. The summed E-state index contributed by atoms with van der Waals surface area (Å²) in [5.41, 5.74) is 4.83. The van der Waals surface area contributed by atoms with Gasteiger partial charge in [-0.2, -0.15) is 0 Å². The van der Waals surface area contributed by atoms with Crippen LogP contribution in [0.3, 0.4) is 0 Å². The van der Waals surface area contributed by atoms with Gasteiger partial charge in [-0.3, -0.25) is 4.79 Å². The zero-order valence-electron chi connectivity index (χ0n) is 10.6. The van der Waals surface area contributed by atoms with Gasteiger partial charge in [-0.1, -0.05) is 12.1 Å². The molecule has 0 aliphatic carbocycles. The lowest BCUT2D eigenvalue weighted by Crippen LogP contribution is -2.45. The maximum absolute atomic E-state index is 13.3. The number of hydrogen-bond acceptors (Lipinski definition) is 3. The van der Waals surface area contributed by atoms with Gasteiger partial charge in [0.25, 0.3) is 0 Å². The Kier molecular flexibility index (Phi) is 4.17. The second-order valence-corrected chi connectivity index (χ2v) is 4.94. The molecule has 3 N–H and O–H groups in total. The summed E-state index contributed by atoms with van der Waals surface area (Å²) in [6.45, 7) is 0.569. The highest BCUT2D eigenvalue weighted by Gasteiger charge is 2.42. The molecule has 0 bridgehead atoms. The van der Waals surface area contributed by atoms with Crippen molar-refractivity contribution in [2.24, 2.45) is 5.73 Å². The lowest BCUT2D eigenvalue weighted by Gasteiger charge is -2.30. The molecule has 1 aromatic rings. The highest BCUT2D eigenvalue weighted by molar-refractivity contribution is 5.81. The van der Waals surface area contributed by atoms with Crippen LogP contribution in [0.5, 0.6) is 0 Å². The standard InChI is InChI=1S/C14H18FNO3/c15-11-4-1-3-10(7-11)14(9-16,13(17)18)8-12-5-2-6-19-12/h1,3-4,7,12H,2,5-6,8-9,16H2,(H,17,18). The Labute approximate surface area is 111 Å². The van der Waals surface area contributed by atoms with Gasteiger partial charge in [0.05, 0.1) is 6.10 Å². The van der Waals surface area contributed by atoms with Gasteiger partial charge in [-0.15, -0.1) is 0 Å². The number of carbonyl (C=O) groups is 1. The molecule has 0 saturated carbocycles. The van der Waals surface area contributed by atoms with Crippen LogP contribution in [-0.4, -0.2) is 30.3 Å². The quantitative estimate of drug-likeness (QED) is 0.851. The van der Waals surface area contributed by atoms with Gasteiger partial charge in [-0.05, 0) is 37.0 Å². The molecular formula is C14H18FNO3. The van der Waals surface area contributed by atoms with Crippen molar-refractivity contribution in [1.82, 2.24) is 0 Å². The number of rotatable bonds is 5. The van der Waals surface area contributed by atoms with Gasteiger partial charge in [0, 0.05) is 13.2 Å². The van der Waals surface area contributed by atoms with Crippen molar-refractivity contribution in [3.05, 3.63) is 35.6 Å². The summed E-state index contributed by atoms with van der Waals surface area (Å²) in [5, 5.41) is 9.57. The van der Waals surface area contributed by atoms with E-state index in [0.717, 1.165) is 12.8 Å². The molecule has 4 nitrogen and oxygen atoms in total. The van der Waals surface area contributed by atoms with Crippen molar-refractivity contribution in [2.45, 2.75) is 30.8 Å². The van der Waals surface area contributed by atoms with E-state index in [4.69, 9.17) is 10.5 Å². The molecule has 1 aliphatic rings. The second-order valence-electron chi connectivity index (χ2n) is 4.94. The van der Waals surface area contributed by atoms with Crippen molar-refractivity contribution in [3.63, 3.8) is 0 Å². The molecule has 5 heteroatoms. The summed E-state index contributed by atoms with van der Waals surface area (Å²) in [4.78, 5) is 11.7. The first kappa shape index (κ1) is 14.0. The molecule has 19 heavy (non-hydrogen) atoms. The van der Waals surface area contributed by atoms with Crippen LogP contribution < -0.4 is 5.73 Å². The lowest BCUT2D eigenvalue weighted by molar-refractivity contribution is -0.145. The van der Waals surface area contributed by atoms with Gasteiger partial charge in [0.1, 0.15) is 11.2 Å². The number of halogens is 1. The third kappa shape index (κ3) is 2.77. The fourth-order valence-electron chi connectivity index (χ4n) is 2.60. The molecule has 2 atom stereocenters. The Balaban J connectivity index is 2.35. The summed E-state index contributed by atoms with van der Waals surface area (Å²) in [6.07, 6.45) is 1.91. The highest BCUT2D eigenvalue weighted by Crippen LogP contribution is 2.33. The van der Waals surface area contributed by atoms with E-state index in [2.05, 4.69) is 0 Å². The van der Waals surface area contributed by atoms with Gasteiger partial charge >= 0.3 is 5.97 Å². The number of aliphatic carboxylic acids is 1. The monoisotopic (exact) mass is 267 g/mol. The lowest BCUT2D eigenvalue weighted by atomic mass is 9.75. The predicted octanol–water partition coefficient (Wildman–Crippen LogP) is 1.68. The number of hydrogen-bond donors (Lipinski definition) is 2. The summed E-state index contributed by atoms with van der Waals surface area (Å²) in [7, 11) is 0. The first-order valence-electron chi connectivity index (χ1n) is 6.39. The first-order chi connectivity index (χ1) is 9.08. The number of ether oxygens (including phenoxy) is 1. The number of benzene rings is 1. The molecule has 1 aliphatic heterocycles. The van der Waals surface area contributed by atoms with Crippen LogP contribution in [0.4, 0.5) is 4.39 Å². The average Bonchev–Trinajstić information content (AvgIpc) is 2.88. The Morgan fingerprint density at radius 2 is 2.37 bits per heavy atom. The smallest absolute Gasteiger partial charge is 0.315 e. The van der Waals surface area contributed by atoms with E-state index in [0.29, 0.717) is 12.2 Å². The molecule has 0 aromatic heterocycles. The third-order valence-corrected chi connectivity index (χ3v) is 3.74. The van der Waals surface area contributed by atoms with Crippen LogP contribution >= 0.6 is 0 Å². The molecule has 0 spiro atoms. The minimum Gasteiger partial charge on any atom is -0.481 e. The van der Waals surface area contributed by atoms with Crippen LogP contribution in [-0.2, 0) is 14.9 Å². The van der Waals surface area contributed by atoms with E-state index >= 15 is 0 Å². The van der Waals surface area contributed by atoms with Crippen molar-refractivity contribution in [1.29, 1.82) is 0 Å². The Morgan fingerprint density at radius 1 is 1.58 bits per heavy atom. The van der Waals surface area contributed by atoms with E-state index in [9.17, 15) is 14.3 Å². The van der Waals surface area contributed by atoms with Crippen LogP contribution in [0.25, 0.3) is 0 Å². The first-order valence-corrected chi connectivity index (χ1v) is 6.39. The third-order valence-electron chi connectivity index (χ3n) is 3.74. The van der Waals surface area contributed by atoms with E-state index in [1.54, 1.807) is 6.07 Å². The second kappa shape index (κ2) is 5.67. The minimum atomic E-state index is -1.28. The molecule has 0 radical (unpaired) electrons. The van der Waals surface area contributed by atoms with Crippen LogP contribution in [0.1, 0.15) is 24.8 Å². The van der Waals surface area contributed by atoms with Crippen LogP contribution in [0, 0.1) is 5.82 Å². The van der Waals surface area contributed by atoms with Gasteiger partial charge in [0.15, 0.2) is 0 Å². The van der Waals surface area contributed by atoms with Crippen LogP contribution in [0.2, 0.25) is 0 Å². The van der Waals surface area contributed by atoms with Gasteiger partial charge in [0.2, 0.25) is 0 Å². The number of carboxylic acid groups (broad SMARTS) is 1. The van der Waals surface area contributed by atoms with E-state index < -0.39 is 17.2 Å². The maximum Gasteiger partial charge on any atom is 0.315 e. The Morgan fingerprint density at radius 3 is 2.89 bits per heavy atom. The summed E-state index contributed by atoms with van der Waals surface area (Å²) in [5.74, 6) is -1.49. The number of nitrogens with two attached hydrogens (primary N) is 1. The van der Waals surface area contributed by atoms with Crippen molar-refractivity contribution in [3.8, 4) is 0 Å². The number of carboxylic acids is 1. The zero-order valence-corrected chi connectivity index (χ0v) is 10.6. The predicted molar refractivity (Wildman–Crippen MR) is 68.4 cm³/mol. The molecule has 1 fully saturated rings. The van der Waals surface area contributed by atoms with Crippen molar-refractivity contribution in [2.75, 3.05) is 13.2 Å². The van der Waals surface area contributed by atoms with Gasteiger partial charge in [-0.25, -0.2) is 4.39 Å².